The van der Waals surface area contributed by atoms with Crippen molar-refractivity contribution in [3.8, 4) is 0 Å². The van der Waals surface area contributed by atoms with E-state index in [1.165, 1.54) is 17.7 Å². The van der Waals surface area contributed by atoms with E-state index in [9.17, 15) is 18.7 Å². The van der Waals surface area contributed by atoms with Crippen LogP contribution < -0.4 is 10.6 Å². The lowest BCUT2D eigenvalue weighted by molar-refractivity contribution is 0.0821. The zero-order valence-corrected chi connectivity index (χ0v) is 21.4. The summed E-state index contributed by atoms with van der Waals surface area (Å²) in [6.45, 7) is 7.62. The number of carbonyl (C=O) groups excluding carboxylic acids is 1. The summed E-state index contributed by atoms with van der Waals surface area (Å²) in [7, 11) is 0. The zero-order chi connectivity index (χ0) is 26.1. The van der Waals surface area contributed by atoms with Gasteiger partial charge in [0.05, 0.1) is 12.1 Å². The van der Waals surface area contributed by atoms with E-state index in [4.69, 9.17) is 0 Å². The average Bonchev–Trinajstić information content (AvgIpc) is 3.22. The van der Waals surface area contributed by atoms with E-state index in [2.05, 4.69) is 36.6 Å². The fourth-order valence-corrected chi connectivity index (χ4v) is 4.36. The lowest BCUT2D eigenvalue weighted by Gasteiger charge is -2.25. The number of hydrogen-bond donors (Lipinski definition) is 3. The van der Waals surface area contributed by atoms with E-state index >= 15 is 0 Å². The van der Waals surface area contributed by atoms with Gasteiger partial charge in [-0.05, 0) is 67.1 Å². The molecule has 36 heavy (non-hydrogen) atoms. The number of unbranched alkanes of at least 4 members (excludes halogenated alkanes) is 1. The van der Waals surface area contributed by atoms with Crippen molar-refractivity contribution in [2.45, 2.75) is 71.7 Å². The van der Waals surface area contributed by atoms with E-state index in [-0.39, 0.29) is 18.9 Å². The summed E-state index contributed by atoms with van der Waals surface area (Å²) in [6.07, 6.45) is 1.98. The standard InChI is InChI=1S/C29H37F2N3O2/c1-4-6-12-34-20(3)10-11-27(34)29(36)33-26(16-23-14-24(30)17-25(31)15-23)28(35)19-32-18-22-9-7-8-21(5-2)13-22/h7-11,13-15,17,26,28,32,35H,4-6,12,16,18-19H2,1-3H3,(H,33,36)/t26-,28-/m0/s1. The predicted octanol–water partition coefficient (Wildman–Crippen LogP) is 4.93. The van der Waals surface area contributed by atoms with Crippen LogP contribution in [0.15, 0.2) is 54.6 Å². The first-order valence-electron chi connectivity index (χ1n) is 12.7. The van der Waals surface area contributed by atoms with Crippen molar-refractivity contribution in [3.05, 3.63) is 94.3 Å². The van der Waals surface area contributed by atoms with Crippen LogP contribution in [0, 0.1) is 18.6 Å². The molecular weight excluding hydrogens is 460 g/mol. The Hall–Kier alpha value is -3.03. The van der Waals surface area contributed by atoms with Crippen molar-refractivity contribution in [1.29, 1.82) is 0 Å². The van der Waals surface area contributed by atoms with Gasteiger partial charge in [0.1, 0.15) is 17.3 Å². The van der Waals surface area contributed by atoms with Gasteiger partial charge in [-0.1, -0.05) is 44.5 Å². The fourth-order valence-electron chi connectivity index (χ4n) is 4.36. The second kappa shape index (κ2) is 13.3. The number of amides is 1. The molecule has 0 bridgehead atoms. The number of nitrogens with zero attached hydrogens (tertiary/aromatic N) is 1. The van der Waals surface area contributed by atoms with Crippen molar-refractivity contribution < 1.29 is 18.7 Å². The number of aliphatic hydroxyl groups is 1. The first-order valence-corrected chi connectivity index (χ1v) is 12.7. The first kappa shape index (κ1) is 27.6. The minimum Gasteiger partial charge on any atom is -0.390 e. The van der Waals surface area contributed by atoms with E-state index in [1.54, 1.807) is 6.07 Å². The Labute approximate surface area is 212 Å². The number of aliphatic hydroxyl groups excluding tert-OH is 1. The normalized spacial score (nSPS) is 12.9. The summed E-state index contributed by atoms with van der Waals surface area (Å²) in [4.78, 5) is 13.2. The maximum Gasteiger partial charge on any atom is 0.268 e. The van der Waals surface area contributed by atoms with Crippen LogP contribution in [0.25, 0.3) is 0 Å². The molecule has 0 aliphatic carbocycles. The highest BCUT2D eigenvalue weighted by atomic mass is 19.1. The van der Waals surface area contributed by atoms with Crippen molar-refractivity contribution in [3.63, 3.8) is 0 Å². The fraction of sp³-hybridized carbons (Fsp3) is 0.414. The zero-order valence-electron chi connectivity index (χ0n) is 21.4. The molecule has 0 radical (unpaired) electrons. The van der Waals surface area contributed by atoms with Gasteiger partial charge in [-0.2, -0.15) is 0 Å². The van der Waals surface area contributed by atoms with Crippen molar-refractivity contribution >= 4 is 5.91 Å². The number of aryl methyl sites for hydroxylation is 2. The van der Waals surface area contributed by atoms with Gasteiger partial charge in [0.2, 0.25) is 0 Å². The van der Waals surface area contributed by atoms with Gasteiger partial charge >= 0.3 is 0 Å². The van der Waals surface area contributed by atoms with Crippen molar-refractivity contribution in [2.24, 2.45) is 0 Å². The van der Waals surface area contributed by atoms with Crippen molar-refractivity contribution in [1.82, 2.24) is 15.2 Å². The molecule has 1 heterocycles. The van der Waals surface area contributed by atoms with Gasteiger partial charge in [0.15, 0.2) is 0 Å². The van der Waals surface area contributed by atoms with Gasteiger partial charge < -0.3 is 20.3 Å². The highest BCUT2D eigenvalue weighted by Gasteiger charge is 2.24. The van der Waals surface area contributed by atoms with Crippen LogP contribution >= 0.6 is 0 Å². The Morgan fingerprint density at radius 3 is 2.42 bits per heavy atom. The van der Waals surface area contributed by atoms with E-state index in [1.807, 2.05) is 29.7 Å². The molecule has 0 aliphatic heterocycles. The molecule has 194 valence electrons. The number of carbonyl (C=O) groups is 1. The van der Waals surface area contributed by atoms with Crippen LogP contribution in [0.2, 0.25) is 0 Å². The molecule has 2 aromatic carbocycles. The van der Waals surface area contributed by atoms with Crippen LogP contribution in [0.4, 0.5) is 8.78 Å². The topological polar surface area (TPSA) is 66.3 Å². The molecular formula is C29H37F2N3O2. The summed E-state index contributed by atoms with van der Waals surface area (Å²) in [5.74, 6) is -1.71. The minimum atomic E-state index is -0.977. The van der Waals surface area contributed by atoms with Gasteiger partial charge in [0.25, 0.3) is 5.91 Å². The van der Waals surface area contributed by atoms with E-state index in [0.717, 1.165) is 43.1 Å². The Morgan fingerprint density at radius 2 is 1.72 bits per heavy atom. The van der Waals surface area contributed by atoms with Crippen LogP contribution in [0.5, 0.6) is 0 Å². The minimum absolute atomic E-state index is 0.0865. The highest BCUT2D eigenvalue weighted by molar-refractivity contribution is 5.93. The lowest BCUT2D eigenvalue weighted by atomic mass is 10.00. The maximum atomic E-state index is 13.8. The monoisotopic (exact) mass is 497 g/mol. The molecule has 7 heteroatoms. The quantitative estimate of drug-likeness (QED) is 0.314. The van der Waals surface area contributed by atoms with Gasteiger partial charge in [0, 0.05) is 31.4 Å². The van der Waals surface area contributed by atoms with Gasteiger partial charge in [-0.25, -0.2) is 8.78 Å². The third-order valence-electron chi connectivity index (χ3n) is 6.41. The molecule has 3 aromatic rings. The van der Waals surface area contributed by atoms with E-state index < -0.39 is 23.8 Å². The maximum absolute atomic E-state index is 13.8. The average molecular weight is 498 g/mol. The highest BCUT2D eigenvalue weighted by Crippen LogP contribution is 2.15. The molecule has 0 unspecified atom stereocenters. The number of halogens is 2. The summed E-state index contributed by atoms with van der Waals surface area (Å²) in [6, 6.07) is 14.4. The number of benzene rings is 2. The van der Waals surface area contributed by atoms with Crippen molar-refractivity contribution in [2.75, 3.05) is 6.54 Å². The lowest BCUT2D eigenvalue weighted by Crippen LogP contribution is -2.49. The Balaban J connectivity index is 1.74. The Bertz CT molecular complexity index is 1130. The molecule has 0 aliphatic rings. The molecule has 0 spiro atoms. The van der Waals surface area contributed by atoms with E-state index in [0.29, 0.717) is 17.8 Å². The molecule has 1 aromatic heterocycles. The molecule has 1 amide bonds. The van der Waals surface area contributed by atoms with Crippen LogP contribution in [-0.2, 0) is 25.9 Å². The first-order chi connectivity index (χ1) is 17.3. The molecule has 0 fully saturated rings. The summed E-state index contributed by atoms with van der Waals surface area (Å²) < 4.78 is 29.6. The second-order valence-corrected chi connectivity index (χ2v) is 9.30. The third-order valence-corrected chi connectivity index (χ3v) is 6.41. The predicted molar refractivity (Wildman–Crippen MR) is 139 cm³/mol. The Kier molecular flexibility index (Phi) is 10.2. The number of nitrogens with one attached hydrogen (secondary N) is 2. The molecule has 3 N–H and O–H groups in total. The smallest absolute Gasteiger partial charge is 0.268 e. The van der Waals surface area contributed by atoms with Crippen LogP contribution in [-0.4, -0.2) is 34.3 Å². The van der Waals surface area contributed by atoms with Gasteiger partial charge in [-0.15, -0.1) is 0 Å². The molecule has 0 saturated carbocycles. The number of hydrogen-bond acceptors (Lipinski definition) is 3. The molecule has 3 rings (SSSR count). The third kappa shape index (κ3) is 7.73. The van der Waals surface area contributed by atoms with Crippen LogP contribution in [0.1, 0.15) is 59.6 Å². The number of aromatic nitrogens is 1. The second-order valence-electron chi connectivity index (χ2n) is 9.30. The summed E-state index contributed by atoms with van der Waals surface area (Å²) in [5, 5.41) is 17.2. The Morgan fingerprint density at radius 1 is 1.00 bits per heavy atom. The number of rotatable bonds is 13. The summed E-state index contributed by atoms with van der Waals surface area (Å²) in [5.41, 5.74) is 4.18. The van der Waals surface area contributed by atoms with Crippen LogP contribution in [0.3, 0.4) is 0 Å². The van der Waals surface area contributed by atoms with Gasteiger partial charge in [-0.3, -0.25) is 4.79 Å². The molecule has 2 atom stereocenters. The summed E-state index contributed by atoms with van der Waals surface area (Å²) >= 11 is 0. The molecule has 0 saturated heterocycles. The molecule has 5 nitrogen and oxygen atoms in total. The SMILES string of the molecule is CCCCn1c(C)ccc1C(=O)N[C@@H](Cc1cc(F)cc(F)c1)[C@@H](O)CNCc1cccc(CC)c1. The largest absolute Gasteiger partial charge is 0.390 e.